The Bertz CT molecular complexity index is 182. The van der Waals surface area contributed by atoms with Crippen molar-refractivity contribution in [2.24, 2.45) is 5.92 Å². The molecule has 0 aliphatic carbocycles. The predicted molar refractivity (Wildman–Crippen MR) is 58.1 cm³/mol. The van der Waals surface area contributed by atoms with E-state index in [9.17, 15) is 4.79 Å². The van der Waals surface area contributed by atoms with E-state index >= 15 is 0 Å². The monoisotopic (exact) mass is 201 g/mol. The molecule has 0 heterocycles. The van der Waals surface area contributed by atoms with Crippen molar-refractivity contribution in [2.45, 2.75) is 53.2 Å². The smallest absolute Gasteiger partial charge is 0.323 e. The average molecular weight is 201 g/mol. The van der Waals surface area contributed by atoms with Crippen molar-refractivity contribution < 1.29 is 9.53 Å². The largest absolute Gasteiger partial charge is 0.459 e. The van der Waals surface area contributed by atoms with Crippen molar-refractivity contribution in [3.05, 3.63) is 0 Å². The molecule has 0 aliphatic rings. The van der Waals surface area contributed by atoms with Gasteiger partial charge in [0, 0.05) is 0 Å². The Hall–Kier alpha value is -0.570. The van der Waals surface area contributed by atoms with Gasteiger partial charge in [0.15, 0.2) is 0 Å². The number of esters is 1. The van der Waals surface area contributed by atoms with Crippen molar-refractivity contribution in [1.29, 1.82) is 0 Å². The van der Waals surface area contributed by atoms with E-state index in [0.717, 1.165) is 6.54 Å². The van der Waals surface area contributed by atoms with Gasteiger partial charge >= 0.3 is 5.97 Å². The lowest BCUT2D eigenvalue weighted by Crippen LogP contribution is -2.40. The highest BCUT2D eigenvalue weighted by atomic mass is 16.6. The van der Waals surface area contributed by atoms with Crippen LogP contribution in [0.3, 0.4) is 0 Å². The fraction of sp³-hybridized carbons (Fsp3) is 0.909. The van der Waals surface area contributed by atoms with Crippen molar-refractivity contribution >= 4 is 5.97 Å². The van der Waals surface area contributed by atoms with Gasteiger partial charge in [0.2, 0.25) is 0 Å². The molecule has 0 saturated heterocycles. The second kappa shape index (κ2) is 5.35. The lowest BCUT2D eigenvalue weighted by atomic mass is 10.2. The Morgan fingerprint density at radius 1 is 1.29 bits per heavy atom. The van der Waals surface area contributed by atoms with Crippen LogP contribution in [0.5, 0.6) is 0 Å². The first-order valence-corrected chi connectivity index (χ1v) is 5.18. The Morgan fingerprint density at radius 2 is 1.79 bits per heavy atom. The summed E-state index contributed by atoms with van der Waals surface area (Å²) in [4.78, 5) is 11.5. The van der Waals surface area contributed by atoms with Crippen molar-refractivity contribution in [3.8, 4) is 0 Å². The van der Waals surface area contributed by atoms with Crippen LogP contribution in [0.1, 0.15) is 41.5 Å². The maximum atomic E-state index is 11.5. The molecule has 0 aromatic heterocycles. The van der Waals surface area contributed by atoms with Crippen LogP contribution >= 0.6 is 0 Å². The van der Waals surface area contributed by atoms with Crippen LogP contribution in [0, 0.1) is 5.92 Å². The van der Waals surface area contributed by atoms with E-state index in [2.05, 4.69) is 19.2 Å². The molecule has 3 nitrogen and oxygen atoms in total. The molecule has 84 valence electrons. The first kappa shape index (κ1) is 13.4. The van der Waals surface area contributed by atoms with E-state index in [1.807, 2.05) is 27.7 Å². The third-order valence-corrected chi connectivity index (χ3v) is 1.59. The Labute approximate surface area is 87.2 Å². The fourth-order valence-corrected chi connectivity index (χ4v) is 0.886. The molecule has 0 amide bonds. The molecule has 14 heavy (non-hydrogen) atoms. The maximum absolute atomic E-state index is 11.5. The van der Waals surface area contributed by atoms with E-state index in [1.165, 1.54) is 0 Å². The van der Waals surface area contributed by atoms with Crippen LogP contribution in [0.2, 0.25) is 0 Å². The number of hydrogen-bond donors (Lipinski definition) is 1. The lowest BCUT2D eigenvalue weighted by Gasteiger charge is -2.23. The molecule has 0 aromatic rings. The number of ether oxygens (including phenoxy) is 1. The lowest BCUT2D eigenvalue weighted by molar-refractivity contribution is -0.157. The molecule has 3 heteroatoms. The zero-order valence-electron chi connectivity index (χ0n) is 10.2. The molecule has 0 rings (SSSR count). The topological polar surface area (TPSA) is 38.3 Å². The van der Waals surface area contributed by atoms with E-state index in [1.54, 1.807) is 0 Å². The first-order valence-electron chi connectivity index (χ1n) is 5.18. The second-order valence-corrected chi connectivity index (χ2v) is 5.06. The van der Waals surface area contributed by atoms with E-state index in [4.69, 9.17) is 4.74 Å². The molecule has 1 N–H and O–H groups in total. The summed E-state index contributed by atoms with van der Waals surface area (Å²) in [6.45, 7) is 12.5. The maximum Gasteiger partial charge on any atom is 0.323 e. The molecule has 0 fully saturated rings. The van der Waals surface area contributed by atoms with Gasteiger partial charge in [0.1, 0.15) is 11.6 Å². The van der Waals surface area contributed by atoms with Gasteiger partial charge in [-0.2, -0.15) is 0 Å². The minimum Gasteiger partial charge on any atom is -0.459 e. The molecule has 1 atom stereocenters. The minimum atomic E-state index is -0.398. The van der Waals surface area contributed by atoms with E-state index in [-0.39, 0.29) is 12.0 Å². The number of carbonyl (C=O) groups is 1. The Kier molecular flexibility index (Phi) is 5.13. The third-order valence-electron chi connectivity index (χ3n) is 1.59. The number of carbonyl (C=O) groups excluding carboxylic acids is 1. The Morgan fingerprint density at radius 3 is 2.14 bits per heavy atom. The van der Waals surface area contributed by atoms with Gasteiger partial charge in [-0.25, -0.2) is 0 Å². The summed E-state index contributed by atoms with van der Waals surface area (Å²) in [5, 5.41) is 3.13. The summed E-state index contributed by atoms with van der Waals surface area (Å²) >= 11 is 0. The molecule has 0 aromatic carbocycles. The molecule has 0 radical (unpaired) electrons. The van der Waals surface area contributed by atoms with Crippen LogP contribution < -0.4 is 5.32 Å². The fourth-order valence-electron chi connectivity index (χ4n) is 0.886. The van der Waals surface area contributed by atoms with Gasteiger partial charge < -0.3 is 10.1 Å². The second-order valence-electron chi connectivity index (χ2n) is 5.06. The normalized spacial score (nSPS) is 14.2. The summed E-state index contributed by atoms with van der Waals surface area (Å²) in [6, 6.07) is -0.225. The van der Waals surface area contributed by atoms with E-state index < -0.39 is 5.60 Å². The molecule has 0 saturated carbocycles. The highest BCUT2D eigenvalue weighted by Gasteiger charge is 2.21. The van der Waals surface area contributed by atoms with Crippen molar-refractivity contribution in [1.82, 2.24) is 5.32 Å². The van der Waals surface area contributed by atoms with Gasteiger partial charge in [0.25, 0.3) is 0 Å². The van der Waals surface area contributed by atoms with Crippen LogP contribution in [0.25, 0.3) is 0 Å². The number of nitrogens with one attached hydrogen (secondary N) is 1. The summed E-state index contributed by atoms with van der Waals surface area (Å²) in [6.07, 6.45) is 0. The predicted octanol–water partition coefficient (Wildman–Crippen LogP) is 1.96. The molecule has 0 unspecified atom stereocenters. The third kappa shape index (κ3) is 6.89. The Balaban J connectivity index is 3.88. The molecule has 0 bridgehead atoms. The van der Waals surface area contributed by atoms with Crippen LogP contribution in [-0.4, -0.2) is 24.2 Å². The van der Waals surface area contributed by atoms with Crippen LogP contribution in [0.15, 0.2) is 0 Å². The van der Waals surface area contributed by atoms with Crippen LogP contribution in [-0.2, 0) is 9.53 Å². The minimum absolute atomic E-state index is 0.182. The van der Waals surface area contributed by atoms with Gasteiger partial charge in [-0.1, -0.05) is 13.8 Å². The zero-order chi connectivity index (χ0) is 11.4. The average Bonchev–Trinajstić information content (AvgIpc) is 1.96. The van der Waals surface area contributed by atoms with Crippen LogP contribution in [0.4, 0.5) is 0 Å². The van der Waals surface area contributed by atoms with Gasteiger partial charge in [-0.05, 0) is 40.2 Å². The summed E-state index contributed by atoms with van der Waals surface area (Å²) < 4.78 is 5.23. The standard InChI is InChI=1S/C11H23NO2/c1-8(2)7-12-9(3)10(13)14-11(4,5)6/h8-9,12H,7H2,1-6H3/t9-/m1/s1. The van der Waals surface area contributed by atoms with Gasteiger partial charge in [-0.3, -0.25) is 4.79 Å². The van der Waals surface area contributed by atoms with E-state index in [0.29, 0.717) is 5.92 Å². The van der Waals surface area contributed by atoms with Crippen molar-refractivity contribution in [3.63, 3.8) is 0 Å². The van der Waals surface area contributed by atoms with Gasteiger partial charge in [0.05, 0.1) is 0 Å². The number of hydrogen-bond acceptors (Lipinski definition) is 3. The quantitative estimate of drug-likeness (QED) is 0.707. The molecular weight excluding hydrogens is 178 g/mol. The zero-order valence-corrected chi connectivity index (χ0v) is 10.2. The van der Waals surface area contributed by atoms with Crippen molar-refractivity contribution in [2.75, 3.05) is 6.54 Å². The first-order chi connectivity index (χ1) is 6.22. The SMILES string of the molecule is CC(C)CN[C@H](C)C(=O)OC(C)(C)C. The highest BCUT2D eigenvalue weighted by Crippen LogP contribution is 2.08. The molecule has 0 spiro atoms. The number of rotatable bonds is 4. The van der Waals surface area contributed by atoms with Gasteiger partial charge in [-0.15, -0.1) is 0 Å². The molecule has 0 aliphatic heterocycles. The summed E-state index contributed by atoms with van der Waals surface area (Å²) in [5.41, 5.74) is -0.398. The summed E-state index contributed by atoms with van der Waals surface area (Å²) in [7, 11) is 0. The summed E-state index contributed by atoms with van der Waals surface area (Å²) in [5.74, 6) is 0.359. The highest BCUT2D eigenvalue weighted by molar-refractivity contribution is 5.75. The molecular formula is C11H23NO2.